The Kier molecular flexibility index (Phi) is 5.06. The van der Waals surface area contributed by atoms with Gasteiger partial charge in [-0.3, -0.25) is 9.69 Å². The van der Waals surface area contributed by atoms with E-state index in [2.05, 4.69) is 40.4 Å². The molecule has 5 heteroatoms. The van der Waals surface area contributed by atoms with E-state index < -0.39 is 0 Å². The van der Waals surface area contributed by atoms with Crippen molar-refractivity contribution in [1.29, 1.82) is 0 Å². The van der Waals surface area contributed by atoms with Crippen molar-refractivity contribution >= 4 is 22.4 Å². The van der Waals surface area contributed by atoms with Crippen LogP contribution in [-0.4, -0.2) is 51.5 Å². The van der Waals surface area contributed by atoms with Crippen LogP contribution in [0.4, 0.5) is 0 Å². The van der Waals surface area contributed by atoms with Crippen LogP contribution >= 0.6 is 0 Å². The SMILES string of the molecule is CCN(CC)C(=O)C1C=C2c3cccc4[nH]cc(c34)CC2N(Cc2ccccc2O)C1. The maximum absolute atomic E-state index is 13.3. The molecule has 1 aliphatic heterocycles. The molecule has 0 fully saturated rings. The molecule has 5 nitrogen and oxygen atoms in total. The van der Waals surface area contributed by atoms with Gasteiger partial charge in [-0.25, -0.2) is 0 Å². The molecule has 0 saturated carbocycles. The predicted octanol–water partition coefficient (Wildman–Crippen LogP) is 4.18. The smallest absolute Gasteiger partial charge is 0.230 e. The third-order valence-corrected chi connectivity index (χ3v) is 6.88. The molecule has 1 aliphatic carbocycles. The van der Waals surface area contributed by atoms with E-state index in [0.29, 0.717) is 18.8 Å². The second-order valence-corrected chi connectivity index (χ2v) is 8.56. The number of carbonyl (C=O) groups excluding carboxylic acids is 1. The normalized spacial score (nSPS) is 20.4. The highest BCUT2D eigenvalue weighted by molar-refractivity contribution is 5.99. The average Bonchev–Trinajstić information content (AvgIpc) is 3.21. The van der Waals surface area contributed by atoms with Crippen molar-refractivity contribution in [3.05, 3.63) is 71.4 Å². The first-order chi connectivity index (χ1) is 15.1. The van der Waals surface area contributed by atoms with Gasteiger partial charge in [0.15, 0.2) is 0 Å². The van der Waals surface area contributed by atoms with Crippen LogP contribution in [0.25, 0.3) is 16.5 Å². The fourth-order valence-corrected chi connectivity index (χ4v) is 5.29. The van der Waals surface area contributed by atoms with Crippen LogP contribution in [0.2, 0.25) is 0 Å². The quantitative estimate of drug-likeness (QED) is 0.657. The zero-order valence-electron chi connectivity index (χ0n) is 18.1. The van der Waals surface area contributed by atoms with Gasteiger partial charge < -0.3 is 15.0 Å². The summed E-state index contributed by atoms with van der Waals surface area (Å²) in [6.45, 7) is 6.78. The number of hydrogen-bond acceptors (Lipinski definition) is 3. The number of nitrogens with zero attached hydrogens (tertiary/aromatic N) is 2. The largest absolute Gasteiger partial charge is 0.508 e. The van der Waals surface area contributed by atoms with Crippen molar-refractivity contribution in [1.82, 2.24) is 14.8 Å². The topological polar surface area (TPSA) is 59.6 Å². The fraction of sp³-hybridized carbons (Fsp3) is 0.346. The summed E-state index contributed by atoms with van der Waals surface area (Å²) in [4.78, 5) is 21.1. The van der Waals surface area contributed by atoms with Gasteiger partial charge in [-0.15, -0.1) is 0 Å². The molecule has 0 radical (unpaired) electrons. The molecule has 2 atom stereocenters. The minimum atomic E-state index is -0.187. The van der Waals surface area contributed by atoms with Crippen LogP contribution in [0.1, 0.15) is 30.5 Å². The first-order valence-corrected chi connectivity index (χ1v) is 11.2. The van der Waals surface area contributed by atoms with Gasteiger partial charge in [0.25, 0.3) is 0 Å². The van der Waals surface area contributed by atoms with Crippen LogP contribution in [0.3, 0.4) is 0 Å². The van der Waals surface area contributed by atoms with Gasteiger partial charge in [-0.05, 0) is 49.1 Å². The number of amides is 1. The highest BCUT2D eigenvalue weighted by Crippen LogP contribution is 2.42. The lowest BCUT2D eigenvalue weighted by molar-refractivity contribution is -0.134. The Morgan fingerprint density at radius 2 is 1.97 bits per heavy atom. The molecule has 0 spiro atoms. The van der Waals surface area contributed by atoms with E-state index in [1.165, 1.54) is 22.1 Å². The lowest BCUT2D eigenvalue weighted by Gasteiger charge is -2.42. The Balaban J connectivity index is 1.59. The van der Waals surface area contributed by atoms with Gasteiger partial charge in [0, 0.05) is 54.9 Å². The van der Waals surface area contributed by atoms with Gasteiger partial charge in [-0.1, -0.05) is 36.4 Å². The highest BCUT2D eigenvalue weighted by Gasteiger charge is 2.38. The summed E-state index contributed by atoms with van der Waals surface area (Å²) in [7, 11) is 0. The van der Waals surface area contributed by atoms with Crippen LogP contribution in [0.5, 0.6) is 5.75 Å². The van der Waals surface area contributed by atoms with Crippen molar-refractivity contribution < 1.29 is 9.90 Å². The number of phenols is 1. The summed E-state index contributed by atoms with van der Waals surface area (Å²) in [6, 6.07) is 14.1. The molecule has 0 saturated heterocycles. The Morgan fingerprint density at radius 3 is 2.74 bits per heavy atom. The molecular formula is C26H29N3O2. The minimum absolute atomic E-state index is 0.185. The van der Waals surface area contributed by atoms with Crippen molar-refractivity contribution in [2.24, 2.45) is 5.92 Å². The number of aromatic nitrogens is 1. The summed E-state index contributed by atoms with van der Waals surface area (Å²) >= 11 is 0. The Bertz CT molecular complexity index is 1160. The first-order valence-electron chi connectivity index (χ1n) is 11.2. The van der Waals surface area contributed by atoms with E-state index >= 15 is 0 Å². The number of H-pyrrole nitrogens is 1. The molecule has 160 valence electrons. The number of phenolic OH excluding ortho intramolecular Hbond substituents is 1. The van der Waals surface area contributed by atoms with Gasteiger partial charge in [-0.2, -0.15) is 0 Å². The second-order valence-electron chi connectivity index (χ2n) is 8.56. The molecule has 3 aromatic rings. The molecule has 5 rings (SSSR count). The number of fused-ring (bicyclic) bond motifs is 2. The molecule has 1 amide bonds. The zero-order valence-corrected chi connectivity index (χ0v) is 18.1. The number of benzene rings is 2. The molecule has 1 aromatic heterocycles. The van der Waals surface area contributed by atoms with Gasteiger partial charge in [0.1, 0.15) is 5.75 Å². The molecular weight excluding hydrogens is 386 g/mol. The number of aromatic hydroxyl groups is 1. The zero-order chi connectivity index (χ0) is 21.5. The number of carbonyl (C=O) groups is 1. The Hall–Kier alpha value is -3.05. The molecule has 2 unspecified atom stereocenters. The number of aromatic amines is 1. The third kappa shape index (κ3) is 3.33. The van der Waals surface area contributed by atoms with Crippen LogP contribution in [0, 0.1) is 5.92 Å². The van der Waals surface area contributed by atoms with Crippen molar-refractivity contribution in [2.45, 2.75) is 32.9 Å². The second kappa shape index (κ2) is 7.89. The summed E-state index contributed by atoms with van der Waals surface area (Å²) in [5.74, 6) is 0.309. The van der Waals surface area contributed by atoms with E-state index in [1.54, 1.807) is 6.07 Å². The number of nitrogens with one attached hydrogen (secondary N) is 1. The third-order valence-electron chi connectivity index (χ3n) is 6.88. The van der Waals surface area contributed by atoms with Crippen molar-refractivity contribution in [3.63, 3.8) is 0 Å². The van der Waals surface area contributed by atoms with Crippen LogP contribution in [0.15, 0.2) is 54.7 Å². The predicted molar refractivity (Wildman–Crippen MR) is 124 cm³/mol. The maximum Gasteiger partial charge on any atom is 0.230 e. The van der Waals surface area contributed by atoms with Gasteiger partial charge >= 0.3 is 0 Å². The average molecular weight is 416 g/mol. The van der Waals surface area contributed by atoms with Crippen molar-refractivity contribution in [3.8, 4) is 5.75 Å². The van der Waals surface area contributed by atoms with Gasteiger partial charge in [0.05, 0.1) is 5.92 Å². The first kappa shape index (κ1) is 19.9. The summed E-state index contributed by atoms with van der Waals surface area (Å²) < 4.78 is 0. The monoisotopic (exact) mass is 415 g/mol. The number of hydrogen-bond donors (Lipinski definition) is 2. The maximum atomic E-state index is 13.3. The number of rotatable bonds is 5. The molecule has 31 heavy (non-hydrogen) atoms. The standard InChI is InChI=1S/C26H29N3O2/c1-3-28(4-2)26(31)19-12-21-20-9-7-10-22-25(20)18(14-27-22)13-23(21)29(16-19)15-17-8-5-6-11-24(17)30/h5-12,14,19,23,27,30H,3-4,13,15-16H2,1-2H3. The van der Waals surface area contributed by atoms with Crippen LogP contribution < -0.4 is 0 Å². The lowest BCUT2D eigenvalue weighted by Crippen LogP contribution is -2.48. The Morgan fingerprint density at radius 1 is 1.16 bits per heavy atom. The highest BCUT2D eigenvalue weighted by atomic mass is 16.3. The summed E-state index contributed by atoms with van der Waals surface area (Å²) in [6.07, 6.45) is 5.25. The van der Waals surface area contributed by atoms with Crippen LogP contribution in [-0.2, 0) is 17.8 Å². The van der Waals surface area contributed by atoms with E-state index in [9.17, 15) is 9.90 Å². The molecule has 2 aromatic carbocycles. The van der Waals surface area contributed by atoms with E-state index in [0.717, 1.165) is 30.6 Å². The molecule has 0 bridgehead atoms. The number of para-hydroxylation sites is 1. The Labute approximate surface area is 183 Å². The van der Waals surface area contributed by atoms with E-state index in [-0.39, 0.29) is 17.9 Å². The minimum Gasteiger partial charge on any atom is -0.508 e. The van der Waals surface area contributed by atoms with Gasteiger partial charge in [0.2, 0.25) is 5.91 Å². The van der Waals surface area contributed by atoms with E-state index in [4.69, 9.17) is 0 Å². The summed E-state index contributed by atoms with van der Waals surface area (Å²) in [5, 5.41) is 11.7. The van der Waals surface area contributed by atoms with E-state index in [1.807, 2.05) is 36.9 Å². The lowest BCUT2D eigenvalue weighted by atomic mass is 9.79. The molecule has 2 N–H and O–H groups in total. The summed E-state index contributed by atoms with van der Waals surface area (Å²) in [5.41, 5.74) is 5.84. The fourth-order valence-electron chi connectivity index (χ4n) is 5.29. The molecule has 2 aliphatic rings. The van der Waals surface area contributed by atoms with Crippen molar-refractivity contribution in [2.75, 3.05) is 19.6 Å². The molecule has 2 heterocycles.